The van der Waals surface area contributed by atoms with Crippen molar-refractivity contribution in [3.8, 4) is 11.5 Å². The van der Waals surface area contributed by atoms with Crippen LogP contribution in [0.5, 0.6) is 11.5 Å². The van der Waals surface area contributed by atoms with Gasteiger partial charge in [-0.1, -0.05) is 30.3 Å². The number of esters is 1. The molecule has 36 heavy (non-hydrogen) atoms. The maximum atomic E-state index is 13.8. The van der Waals surface area contributed by atoms with E-state index in [9.17, 15) is 9.59 Å². The molecule has 0 spiro atoms. The van der Waals surface area contributed by atoms with E-state index in [1.807, 2.05) is 83.1 Å². The first kappa shape index (κ1) is 25.5. The highest BCUT2D eigenvalue weighted by molar-refractivity contribution is 6.04. The zero-order valence-electron chi connectivity index (χ0n) is 21.9. The van der Waals surface area contributed by atoms with Crippen LogP contribution < -0.4 is 14.8 Å². The fourth-order valence-electron chi connectivity index (χ4n) is 5.09. The number of methoxy groups -OCH3 is 1. The van der Waals surface area contributed by atoms with Crippen LogP contribution in [0.1, 0.15) is 70.4 Å². The Labute approximate surface area is 213 Å². The summed E-state index contributed by atoms with van der Waals surface area (Å²) in [5, 5.41) is 3.41. The van der Waals surface area contributed by atoms with E-state index >= 15 is 0 Å². The number of ether oxygens (including phenoxy) is 3. The van der Waals surface area contributed by atoms with Gasteiger partial charge in [0, 0.05) is 29.0 Å². The number of ketones is 1. The highest BCUT2D eigenvalue weighted by Gasteiger charge is 2.42. The van der Waals surface area contributed by atoms with Gasteiger partial charge < -0.3 is 19.5 Å². The van der Waals surface area contributed by atoms with Gasteiger partial charge in [-0.3, -0.25) is 4.79 Å². The zero-order valence-corrected chi connectivity index (χ0v) is 21.9. The predicted molar refractivity (Wildman–Crippen MR) is 139 cm³/mol. The minimum Gasteiger partial charge on any atom is -0.497 e. The van der Waals surface area contributed by atoms with Crippen LogP contribution in [-0.4, -0.2) is 31.1 Å². The first-order valence-electron chi connectivity index (χ1n) is 12.5. The van der Waals surface area contributed by atoms with Gasteiger partial charge in [0.1, 0.15) is 11.5 Å². The molecule has 1 aliphatic heterocycles. The molecule has 1 heterocycles. The monoisotopic (exact) mass is 489 g/mol. The van der Waals surface area contributed by atoms with Gasteiger partial charge in [0.25, 0.3) is 0 Å². The molecule has 0 aromatic heterocycles. The number of dihydropyridines is 1. The van der Waals surface area contributed by atoms with Gasteiger partial charge in [-0.05, 0) is 70.7 Å². The third-order valence-electron chi connectivity index (χ3n) is 6.57. The number of para-hydroxylation sites is 1. The van der Waals surface area contributed by atoms with Crippen molar-refractivity contribution in [2.24, 2.45) is 0 Å². The number of rotatable bonds is 7. The molecule has 0 radical (unpaired) electrons. The lowest BCUT2D eigenvalue weighted by Gasteiger charge is -2.37. The van der Waals surface area contributed by atoms with E-state index in [0.717, 1.165) is 22.6 Å². The molecule has 2 atom stereocenters. The molecule has 4 rings (SSSR count). The summed E-state index contributed by atoms with van der Waals surface area (Å²) >= 11 is 0. The van der Waals surface area contributed by atoms with Gasteiger partial charge in [-0.15, -0.1) is 0 Å². The molecule has 1 aliphatic carbocycles. The maximum Gasteiger partial charge on any atom is 0.337 e. The maximum absolute atomic E-state index is 13.8. The summed E-state index contributed by atoms with van der Waals surface area (Å²) < 4.78 is 17.1. The Balaban J connectivity index is 1.81. The molecule has 1 N–H and O–H groups in total. The van der Waals surface area contributed by atoms with E-state index in [1.54, 1.807) is 7.11 Å². The van der Waals surface area contributed by atoms with Crippen molar-refractivity contribution in [3.63, 3.8) is 0 Å². The first-order chi connectivity index (χ1) is 17.2. The van der Waals surface area contributed by atoms with Gasteiger partial charge in [0.2, 0.25) is 0 Å². The van der Waals surface area contributed by atoms with Crippen molar-refractivity contribution in [2.75, 3.05) is 7.11 Å². The zero-order chi connectivity index (χ0) is 26.0. The summed E-state index contributed by atoms with van der Waals surface area (Å²) in [5.74, 6) is 0.526. The van der Waals surface area contributed by atoms with Crippen molar-refractivity contribution in [2.45, 2.75) is 71.5 Å². The number of allylic oxidation sites excluding steroid dienone is 3. The number of hydrogen-bond donors (Lipinski definition) is 1. The van der Waals surface area contributed by atoms with E-state index in [2.05, 4.69) is 5.32 Å². The Kier molecular flexibility index (Phi) is 7.53. The molecule has 2 aromatic carbocycles. The average Bonchev–Trinajstić information content (AvgIpc) is 2.82. The third-order valence-corrected chi connectivity index (χ3v) is 6.57. The lowest BCUT2D eigenvalue weighted by atomic mass is 9.71. The summed E-state index contributed by atoms with van der Waals surface area (Å²) in [7, 11) is 1.64. The summed E-state index contributed by atoms with van der Waals surface area (Å²) in [6, 6.07) is 15.5. The molecule has 0 saturated heterocycles. The largest absolute Gasteiger partial charge is 0.497 e. The van der Waals surface area contributed by atoms with Crippen molar-refractivity contribution in [3.05, 3.63) is 82.2 Å². The van der Waals surface area contributed by atoms with E-state index < -0.39 is 11.9 Å². The second-order valence-corrected chi connectivity index (χ2v) is 9.95. The fourth-order valence-corrected chi connectivity index (χ4v) is 5.09. The number of benzene rings is 2. The predicted octanol–water partition coefficient (Wildman–Crippen LogP) is 5.80. The average molecular weight is 490 g/mol. The fraction of sp³-hybridized carbons (Fsp3) is 0.400. The van der Waals surface area contributed by atoms with E-state index in [1.165, 1.54) is 0 Å². The van der Waals surface area contributed by atoms with Gasteiger partial charge in [0.15, 0.2) is 5.78 Å². The molecule has 2 unspecified atom stereocenters. The number of Topliss-reactive ketones (excluding diaryl/α,β-unsaturated/α-hetero) is 1. The lowest BCUT2D eigenvalue weighted by molar-refractivity contribution is -0.143. The molecule has 0 bridgehead atoms. The number of carbonyl (C=O) groups is 2. The molecule has 0 saturated carbocycles. The van der Waals surface area contributed by atoms with Crippen molar-refractivity contribution < 1.29 is 23.8 Å². The van der Waals surface area contributed by atoms with E-state index in [4.69, 9.17) is 14.2 Å². The van der Waals surface area contributed by atoms with Crippen molar-refractivity contribution in [1.82, 2.24) is 5.32 Å². The number of carbonyl (C=O) groups excluding carboxylic acids is 2. The van der Waals surface area contributed by atoms with Crippen LogP contribution in [0.4, 0.5) is 0 Å². The van der Waals surface area contributed by atoms with Gasteiger partial charge in [0.05, 0.1) is 30.8 Å². The molecule has 6 nitrogen and oxygen atoms in total. The summed E-state index contributed by atoms with van der Waals surface area (Å²) in [6.45, 7) is 9.45. The Bertz CT molecular complexity index is 1210. The minimum atomic E-state index is -0.563. The number of nitrogens with one attached hydrogen (secondary N) is 1. The van der Waals surface area contributed by atoms with Crippen LogP contribution in [0.25, 0.3) is 0 Å². The lowest BCUT2D eigenvalue weighted by Crippen LogP contribution is -2.36. The topological polar surface area (TPSA) is 73.9 Å². The summed E-state index contributed by atoms with van der Waals surface area (Å²) in [4.78, 5) is 27.2. The quantitative estimate of drug-likeness (QED) is 0.496. The molecule has 2 aliphatic rings. The Morgan fingerprint density at radius 2 is 1.67 bits per heavy atom. The van der Waals surface area contributed by atoms with Crippen LogP contribution in [-0.2, 0) is 14.3 Å². The van der Waals surface area contributed by atoms with Gasteiger partial charge in [-0.2, -0.15) is 0 Å². The highest BCUT2D eigenvalue weighted by atomic mass is 16.5. The van der Waals surface area contributed by atoms with Crippen LogP contribution >= 0.6 is 0 Å². The Morgan fingerprint density at radius 3 is 2.31 bits per heavy atom. The van der Waals surface area contributed by atoms with Crippen LogP contribution in [0.15, 0.2) is 71.1 Å². The number of hydrogen-bond acceptors (Lipinski definition) is 6. The van der Waals surface area contributed by atoms with Crippen LogP contribution in [0.2, 0.25) is 0 Å². The van der Waals surface area contributed by atoms with Crippen LogP contribution in [0, 0.1) is 0 Å². The Hall–Kier alpha value is -3.54. The van der Waals surface area contributed by atoms with E-state index in [0.29, 0.717) is 35.4 Å². The smallest absolute Gasteiger partial charge is 0.337 e. The first-order valence-corrected chi connectivity index (χ1v) is 12.5. The molecule has 0 amide bonds. The molecule has 190 valence electrons. The SMILES string of the molecule is COc1ccc(C2CC(=O)C3=C(C2)NC(C)=C(C(=O)OC(C)C)C3c2ccccc2OC(C)C)cc1. The van der Waals surface area contributed by atoms with Gasteiger partial charge in [-0.25, -0.2) is 4.79 Å². The second-order valence-electron chi connectivity index (χ2n) is 9.95. The van der Waals surface area contributed by atoms with Crippen molar-refractivity contribution >= 4 is 11.8 Å². The second kappa shape index (κ2) is 10.6. The standard InChI is InChI=1S/C30H35NO5/c1-17(2)35-26-10-8-7-9-23(26)28-27(30(33)36-18(3)4)19(5)31-24-15-21(16-25(32)29(24)28)20-11-13-22(34-6)14-12-20/h7-14,17-18,21,28,31H,15-16H2,1-6H3. The highest BCUT2D eigenvalue weighted by Crippen LogP contribution is 2.48. The van der Waals surface area contributed by atoms with Gasteiger partial charge >= 0.3 is 5.97 Å². The normalized spacial score (nSPS) is 19.8. The van der Waals surface area contributed by atoms with Crippen molar-refractivity contribution in [1.29, 1.82) is 0 Å². The molecule has 6 heteroatoms. The molecule has 0 fully saturated rings. The molecular weight excluding hydrogens is 454 g/mol. The summed E-state index contributed by atoms with van der Waals surface area (Å²) in [6.07, 6.45) is 0.694. The third kappa shape index (κ3) is 5.18. The molecule has 2 aromatic rings. The molecular formula is C30H35NO5. The minimum absolute atomic E-state index is 0.0243. The summed E-state index contributed by atoms with van der Waals surface area (Å²) in [5.41, 5.74) is 4.53. The van der Waals surface area contributed by atoms with E-state index in [-0.39, 0.29) is 23.9 Å². The Morgan fingerprint density at radius 1 is 0.972 bits per heavy atom. The van der Waals surface area contributed by atoms with Crippen LogP contribution in [0.3, 0.4) is 0 Å².